The van der Waals surface area contributed by atoms with E-state index in [4.69, 9.17) is 9.84 Å². The molecular formula is C10H8FNO4. The van der Waals surface area contributed by atoms with Crippen molar-refractivity contribution in [1.29, 1.82) is 0 Å². The highest BCUT2D eigenvalue weighted by atomic mass is 19.1. The minimum Gasteiger partial charge on any atom is -0.478 e. The normalized spacial score (nSPS) is 23.7. The first-order valence-electron chi connectivity index (χ1n) is 4.51. The zero-order valence-corrected chi connectivity index (χ0v) is 8.07. The minimum atomic E-state index is -1.83. The van der Waals surface area contributed by atoms with Gasteiger partial charge in [0.2, 0.25) is 0 Å². The highest BCUT2D eigenvalue weighted by molar-refractivity contribution is 5.86. The summed E-state index contributed by atoms with van der Waals surface area (Å²) in [4.78, 5) is 22.1. The first kappa shape index (κ1) is 10.4. The summed E-state index contributed by atoms with van der Waals surface area (Å²) in [7, 11) is 0. The highest BCUT2D eigenvalue weighted by Crippen LogP contribution is 2.29. The van der Waals surface area contributed by atoms with Gasteiger partial charge >= 0.3 is 12.1 Å². The average Bonchev–Trinajstić information content (AvgIpc) is 2.62. The number of cyclic esters (lactones) is 1. The first-order chi connectivity index (χ1) is 7.54. The molecule has 0 spiro atoms. The molecule has 1 aromatic carbocycles. The van der Waals surface area contributed by atoms with Gasteiger partial charge in [-0.15, -0.1) is 0 Å². The summed E-state index contributed by atoms with van der Waals surface area (Å²) in [6, 6.07) is 4.98. The minimum absolute atomic E-state index is 0.0957. The number of hydrogen-bond donors (Lipinski definition) is 2. The Labute approximate surface area is 89.8 Å². The van der Waals surface area contributed by atoms with Crippen molar-refractivity contribution in [3.63, 3.8) is 0 Å². The second-order valence-corrected chi connectivity index (χ2v) is 3.39. The van der Waals surface area contributed by atoms with Crippen LogP contribution in [-0.4, -0.2) is 23.7 Å². The Balaban J connectivity index is 2.48. The predicted molar refractivity (Wildman–Crippen MR) is 50.2 cm³/mol. The molecule has 84 valence electrons. The molecule has 1 fully saturated rings. The van der Waals surface area contributed by atoms with Crippen molar-refractivity contribution in [3.05, 3.63) is 35.6 Å². The number of nitrogens with one attached hydrogen (secondary N) is 1. The second kappa shape index (κ2) is 3.48. The van der Waals surface area contributed by atoms with Crippen LogP contribution in [0.4, 0.5) is 9.18 Å². The van der Waals surface area contributed by atoms with Gasteiger partial charge in [-0.1, -0.05) is 12.1 Å². The number of aliphatic carboxylic acids is 1. The molecule has 0 aliphatic carbocycles. The number of amides is 1. The van der Waals surface area contributed by atoms with Gasteiger partial charge in [-0.05, 0) is 12.1 Å². The van der Waals surface area contributed by atoms with E-state index in [1.165, 1.54) is 18.2 Å². The van der Waals surface area contributed by atoms with Crippen LogP contribution in [0.15, 0.2) is 24.3 Å². The number of hydrogen-bond acceptors (Lipinski definition) is 3. The van der Waals surface area contributed by atoms with Crippen LogP contribution < -0.4 is 5.32 Å². The molecule has 5 nitrogen and oxygen atoms in total. The maximum Gasteiger partial charge on any atom is 0.408 e. The molecule has 0 radical (unpaired) electrons. The van der Waals surface area contributed by atoms with Gasteiger partial charge < -0.3 is 15.2 Å². The smallest absolute Gasteiger partial charge is 0.408 e. The predicted octanol–water partition coefficient (Wildman–Crippen LogP) is 0.845. The Morgan fingerprint density at radius 2 is 2.31 bits per heavy atom. The quantitative estimate of drug-likeness (QED) is 0.782. The van der Waals surface area contributed by atoms with E-state index in [0.29, 0.717) is 0 Å². The number of alkyl carbamates (subject to hydrolysis) is 1. The summed E-state index contributed by atoms with van der Waals surface area (Å²) in [6.07, 6.45) is -0.827. The maximum atomic E-state index is 13.0. The van der Waals surface area contributed by atoms with Crippen molar-refractivity contribution >= 4 is 12.1 Å². The van der Waals surface area contributed by atoms with Gasteiger partial charge in [0, 0.05) is 5.56 Å². The van der Waals surface area contributed by atoms with Crippen LogP contribution in [0.2, 0.25) is 0 Å². The lowest BCUT2D eigenvalue weighted by Gasteiger charge is -2.21. The average molecular weight is 225 g/mol. The topological polar surface area (TPSA) is 75.6 Å². The second-order valence-electron chi connectivity index (χ2n) is 3.39. The van der Waals surface area contributed by atoms with Gasteiger partial charge in [-0.2, -0.15) is 0 Å². The lowest BCUT2D eigenvalue weighted by Crippen LogP contribution is -2.39. The van der Waals surface area contributed by atoms with Crippen molar-refractivity contribution in [1.82, 2.24) is 5.32 Å². The summed E-state index contributed by atoms with van der Waals surface area (Å²) >= 11 is 0. The van der Waals surface area contributed by atoms with Crippen LogP contribution in [-0.2, 0) is 15.1 Å². The number of ether oxygens (including phenoxy) is 1. The molecule has 0 bridgehead atoms. The molecule has 2 N–H and O–H groups in total. The van der Waals surface area contributed by atoms with Crippen LogP contribution >= 0.6 is 0 Å². The number of rotatable bonds is 2. The Bertz CT molecular complexity index is 462. The highest BCUT2D eigenvalue weighted by Gasteiger charge is 2.49. The van der Waals surface area contributed by atoms with Crippen LogP contribution in [0.25, 0.3) is 0 Å². The molecule has 0 aromatic heterocycles. The molecule has 6 heteroatoms. The third-order valence-electron chi connectivity index (χ3n) is 2.38. The molecule has 1 saturated heterocycles. The largest absolute Gasteiger partial charge is 0.478 e. The fourth-order valence-electron chi connectivity index (χ4n) is 1.57. The molecule has 1 aromatic rings. The zero-order chi connectivity index (χ0) is 11.8. The maximum absolute atomic E-state index is 13.0. The number of benzene rings is 1. The molecule has 1 aliphatic heterocycles. The third kappa shape index (κ3) is 1.48. The van der Waals surface area contributed by atoms with E-state index in [0.717, 1.165) is 6.07 Å². The summed E-state index contributed by atoms with van der Waals surface area (Å²) in [5.74, 6) is -1.92. The van der Waals surface area contributed by atoms with E-state index < -0.39 is 23.5 Å². The molecule has 1 atom stereocenters. The van der Waals surface area contributed by atoms with Crippen molar-refractivity contribution < 1.29 is 23.8 Å². The SMILES string of the molecule is O=C1NCC(C(=O)O)(c2cccc(F)c2)O1. The van der Waals surface area contributed by atoms with E-state index in [1.54, 1.807) is 0 Å². The molecule has 1 aliphatic rings. The van der Waals surface area contributed by atoms with E-state index in [1.807, 2.05) is 0 Å². The fraction of sp³-hybridized carbons (Fsp3) is 0.200. The lowest BCUT2D eigenvalue weighted by atomic mass is 9.94. The monoisotopic (exact) mass is 225 g/mol. The van der Waals surface area contributed by atoms with Gasteiger partial charge in [0.25, 0.3) is 5.60 Å². The standard InChI is InChI=1S/C10H8FNO4/c11-7-3-1-2-6(4-7)10(8(13)14)5-12-9(15)16-10/h1-4H,5H2,(H,12,15)(H,13,14). The number of carboxylic acid groups (broad SMARTS) is 1. The van der Waals surface area contributed by atoms with Gasteiger partial charge in [-0.25, -0.2) is 14.0 Å². The number of carboxylic acids is 1. The Hall–Kier alpha value is -2.11. The number of carbonyl (C=O) groups excluding carboxylic acids is 1. The van der Waals surface area contributed by atoms with Crippen molar-refractivity contribution in [2.75, 3.05) is 6.54 Å². The molecule has 1 unspecified atom stereocenters. The van der Waals surface area contributed by atoms with Crippen molar-refractivity contribution in [2.45, 2.75) is 5.60 Å². The van der Waals surface area contributed by atoms with Crippen molar-refractivity contribution in [3.8, 4) is 0 Å². The van der Waals surface area contributed by atoms with Crippen molar-refractivity contribution in [2.24, 2.45) is 0 Å². The van der Waals surface area contributed by atoms with E-state index in [2.05, 4.69) is 5.32 Å². The Morgan fingerprint density at radius 1 is 1.56 bits per heavy atom. The fourth-order valence-corrected chi connectivity index (χ4v) is 1.57. The van der Waals surface area contributed by atoms with E-state index in [9.17, 15) is 14.0 Å². The number of carbonyl (C=O) groups is 2. The van der Waals surface area contributed by atoms with E-state index in [-0.39, 0.29) is 12.1 Å². The molecule has 16 heavy (non-hydrogen) atoms. The van der Waals surface area contributed by atoms with Gasteiger partial charge in [-0.3, -0.25) is 0 Å². The molecular weight excluding hydrogens is 217 g/mol. The van der Waals surface area contributed by atoms with Crippen LogP contribution in [0.3, 0.4) is 0 Å². The van der Waals surface area contributed by atoms with Gasteiger partial charge in [0.05, 0.1) is 6.54 Å². The Kier molecular flexibility index (Phi) is 2.26. The number of halogens is 1. The third-order valence-corrected chi connectivity index (χ3v) is 2.38. The summed E-state index contributed by atoms with van der Waals surface area (Å²) in [5.41, 5.74) is -1.74. The lowest BCUT2D eigenvalue weighted by molar-refractivity contribution is -0.155. The molecule has 2 rings (SSSR count). The summed E-state index contributed by atoms with van der Waals surface area (Å²) in [5, 5.41) is 11.3. The summed E-state index contributed by atoms with van der Waals surface area (Å²) in [6.45, 7) is -0.218. The van der Waals surface area contributed by atoms with Crippen LogP contribution in [0, 0.1) is 5.82 Å². The van der Waals surface area contributed by atoms with Crippen LogP contribution in [0.5, 0.6) is 0 Å². The van der Waals surface area contributed by atoms with E-state index >= 15 is 0 Å². The van der Waals surface area contributed by atoms with Gasteiger partial charge in [0.15, 0.2) is 0 Å². The Morgan fingerprint density at radius 3 is 2.81 bits per heavy atom. The molecule has 1 amide bonds. The molecule has 1 heterocycles. The zero-order valence-electron chi connectivity index (χ0n) is 8.07. The molecule has 0 saturated carbocycles. The first-order valence-corrected chi connectivity index (χ1v) is 4.51. The van der Waals surface area contributed by atoms with Crippen LogP contribution in [0.1, 0.15) is 5.56 Å². The van der Waals surface area contributed by atoms with Gasteiger partial charge in [0.1, 0.15) is 5.82 Å². The summed E-state index contributed by atoms with van der Waals surface area (Å²) < 4.78 is 17.7.